The second-order valence-electron chi connectivity index (χ2n) is 23.4. The lowest BCUT2D eigenvalue weighted by Gasteiger charge is -2.42. The molecule has 0 aromatic rings. The van der Waals surface area contributed by atoms with E-state index in [1.54, 1.807) is 0 Å². The number of hydrogen-bond acceptors (Lipinski definition) is 10. The van der Waals surface area contributed by atoms with E-state index in [4.69, 9.17) is 4.74 Å². The number of ether oxygens (including phenoxy) is 10. The van der Waals surface area contributed by atoms with Gasteiger partial charge in [0.15, 0.2) is 0 Å². The topological polar surface area (TPSA) is 92.3 Å². The van der Waals surface area contributed by atoms with E-state index in [1.165, 1.54) is 6.26 Å². The summed E-state index contributed by atoms with van der Waals surface area (Å²) in [6, 6.07) is 0. The second kappa shape index (κ2) is 47.5. The van der Waals surface area contributed by atoms with Crippen LogP contribution in [0.25, 0.3) is 0 Å². The largest absolute Gasteiger partial charge is 0.499 e. The summed E-state index contributed by atoms with van der Waals surface area (Å²) in [5, 5.41) is 0. The van der Waals surface area contributed by atoms with E-state index in [9.17, 15) is 241 Å². The summed E-state index contributed by atoms with van der Waals surface area (Å²) >= 11 is 0. The maximum absolute atomic E-state index is 13.6. The SMILES string of the molecule is C=COCCOCCCC(F)(F)C(F)(F)C(F)(F)C(F)(F)C(F)(F)C(F)(F)C(F)(F)C(F)(F)F.C=COCCOCCCC(F)(F)C(F)(F)C(F)(F)C(F)(F)C(F)(F)C(F)(F)F.C=COCCOCCCC(F)(F)C(F)(F)C(F)(F)C(F)(F)C(F)(F)F.C=COCCOCCCC(F)(F)C(F)(F)C(F)(F)C(F)(F)F.C=COCCOCCCC(F)(F)C(F)(F)F. The molecule has 0 radical (unpaired) electrons. The van der Waals surface area contributed by atoms with Gasteiger partial charge in [-0.15, -0.1) is 0 Å². The predicted octanol–water partition coefficient (Wildman–Crippen LogP) is 25.2. The average Bonchev–Trinajstić information content (AvgIpc) is 0.701. The van der Waals surface area contributed by atoms with Gasteiger partial charge in [0.2, 0.25) is 0 Å². The fraction of sp³-hybridized carbons (Fsp3) is 0.833. The van der Waals surface area contributed by atoms with E-state index in [-0.39, 0.29) is 72.5 Å². The van der Waals surface area contributed by atoms with Crippen molar-refractivity contribution >= 4 is 0 Å². The molecule has 125 heavy (non-hydrogen) atoms. The monoisotopic (exact) mass is 1990 g/mol. The van der Waals surface area contributed by atoms with Gasteiger partial charge in [-0.1, -0.05) is 32.9 Å². The smallest absolute Gasteiger partial charge is 0.460 e. The van der Waals surface area contributed by atoms with E-state index in [0.717, 1.165) is 25.0 Å². The standard InChI is InChI=1S/C15H13F17O2.C13H13F13O2.C12H13F11O2.C11H13F9O2.C9H13F5O2/c1-2-33-6-7-34-5-3-4-8(16,17)9(18,19)10(20,21)11(22,23)12(24,25)13(26,27)14(28,29)15(30,31)32;1-2-27-6-7-28-5-3-4-8(14,15)9(16,17)10(18,19)11(20,21)12(22,23)13(24,25)26;1-2-24-6-7-25-5-3-4-8(13,14)9(15,16)10(17,18)11(19,20)12(21,22)23;1-2-21-6-7-22-5-3-4-8(12,13)9(14,15)10(16,17)11(18,19)20;1-2-15-6-7-16-5-3-4-8(10,11)9(12,13)14/h2H,1,3-7H2;2H,1,3-7H2;2H,1,3-7H2;2H,1,3-7H2;2H,1,3-7H2. The highest BCUT2D eigenvalue weighted by atomic mass is 19.5. The van der Waals surface area contributed by atoms with Gasteiger partial charge in [0.05, 0.1) is 64.3 Å². The molecule has 0 heterocycles. The average molecular weight is 1990 g/mol. The van der Waals surface area contributed by atoms with Gasteiger partial charge in [-0.3, -0.25) is 0 Å². The first-order valence-corrected chi connectivity index (χ1v) is 32.2. The first-order valence-electron chi connectivity index (χ1n) is 32.2. The van der Waals surface area contributed by atoms with E-state index in [2.05, 4.69) is 75.5 Å². The van der Waals surface area contributed by atoms with Crippen LogP contribution >= 0.6 is 0 Å². The Morgan fingerprint density at radius 3 is 0.400 bits per heavy atom. The van der Waals surface area contributed by atoms with Crippen molar-refractivity contribution in [3.63, 3.8) is 0 Å². The molecule has 0 saturated heterocycles. The van der Waals surface area contributed by atoms with Crippen LogP contribution in [-0.2, 0) is 47.4 Å². The molecule has 0 aromatic carbocycles. The zero-order valence-corrected chi connectivity index (χ0v) is 61.5. The van der Waals surface area contributed by atoms with Crippen molar-refractivity contribution in [2.24, 2.45) is 0 Å². The van der Waals surface area contributed by atoms with Crippen LogP contribution in [0.2, 0.25) is 0 Å². The first-order chi connectivity index (χ1) is 55.3. The summed E-state index contributed by atoms with van der Waals surface area (Å²) in [6.45, 7) is 11.4. The van der Waals surface area contributed by atoms with Crippen molar-refractivity contribution in [3.8, 4) is 0 Å². The molecular weight excluding hydrogens is 1930 g/mol. The van der Waals surface area contributed by atoms with Gasteiger partial charge in [0.1, 0.15) is 33.0 Å². The Hall–Kier alpha value is -6.35. The maximum Gasteiger partial charge on any atom is 0.460 e. The Morgan fingerprint density at radius 2 is 0.256 bits per heavy atom. The molecule has 10 nitrogen and oxygen atoms in total. The Kier molecular flexibility index (Phi) is 48.3. The Bertz CT molecular complexity index is 3090. The van der Waals surface area contributed by atoms with Crippen LogP contribution in [0.15, 0.2) is 64.2 Å². The van der Waals surface area contributed by atoms with Crippen LogP contribution < -0.4 is 0 Å². The summed E-state index contributed by atoms with van der Waals surface area (Å²) in [4.78, 5) is 0. The highest BCUT2D eigenvalue weighted by Crippen LogP contribution is 2.66. The third-order valence-electron chi connectivity index (χ3n) is 14.2. The van der Waals surface area contributed by atoms with Crippen LogP contribution in [0.4, 0.5) is 241 Å². The lowest BCUT2D eigenvalue weighted by Crippen LogP contribution is -2.74. The van der Waals surface area contributed by atoms with Gasteiger partial charge in [0.25, 0.3) is 0 Å². The molecule has 0 fully saturated rings. The predicted molar refractivity (Wildman–Crippen MR) is 310 cm³/mol. The molecular formula is C60H65F55O10. The van der Waals surface area contributed by atoms with Crippen molar-refractivity contribution in [1.82, 2.24) is 0 Å². The minimum atomic E-state index is -8.61. The zero-order chi connectivity index (χ0) is 101. The lowest BCUT2D eigenvalue weighted by molar-refractivity contribution is -0.461. The molecule has 0 saturated carbocycles. The van der Waals surface area contributed by atoms with Crippen LogP contribution in [0, 0.1) is 0 Å². The molecule has 0 spiro atoms. The highest BCUT2D eigenvalue weighted by Gasteiger charge is 2.96. The first kappa shape index (κ1) is 127. The molecule has 0 rings (SSSR count). The number of alkyl halides is 55. The van der Waals surface area contributed by atoms with E-state index < -0.39 is 240 Å². The maximum atomic E-state index is 13.6. The Morgan fingerprint density at radius 1 is 0.136 bits per heavy atom. The third-order valence-corrected chi connectivity index (χ3v) is 14.2. The van der Waals surface area contributed by atoms with Gasteiger partial charge in [0, 0.05) is 65.1 Å². The summed E-state index contributed by atoms with van der Waals surface area (Å²) in [5.41, 5.74) is 0. The van der Waals surface area contributed by atoms with Crippen molar-refractivity contribution in [2.75, 3.05) is 99.1 Å². The van der Waals surface area contributed by atoms with Crippen LogP contribution in [0.5, 0.6) is 0 Å². The van der Waals surface area contributed by atoms with Crippen LogP contribution in [0.3, 0.4) is 0 Å². The summed E-state index contributed by atoms with van der Waals surface area (Å²) in [7, 11) is 0. The van der Waals surface area contributed by atoms with Crippen molar-refractivity contribution in [1.29, 1.82) is 0 Å². The number of halogens is 55. The van der Waals surface area contributed by atoms with Crippen molar-refractivity contribution in [3.05, 3.63) is 64.2 Å². The molecule has 0 aliphatic carbocycles. The minimum Gasteiger partial charge on any atom is -0.499 e. The van der Waals surface area contributed by atoms with E-state index in [1.807, 2.05) is 0 Å². The molecule has 65 heteroatoms. The van der Waals surface area contributed by atoms with Gasteiger partial charge in [-0.25, -0.2) is 0 Å². The molecule has 0 N–H and O–H groups in total. The van der Waals surface area contributed by atoms with Crippen LogP contribution in [-0.4, -0.2) is 248 Å². The second-order valence-corrected chi connectivity index (χ2v) is 23.4. The molecule has 0 amide bonds. The van der Waals surface area contributed by atoms with Gasteiger partial charge in [-0.2, -0.15) is 241 Å². The summed E-state index contributed by atoms with van der Waals surface area (Å²) < 4.78 is 746. The molecule has 0 atom stereocenters. The molecule has 0 aliphatic rings. The number of hydrogen-bond donors (Lipinski definition) is 0. The molecule has 0 aromatic heterocycles. The van der Waals surface area contributed by atoms with Gasteiger partial charge < -0.3 is 47.4 Å². The van der Waals surface area contributed by atoms with E-state index in [0.29, 0.717) is 0 Å². The van der Waals surface area contributed by atoms with Crippen LogP contribution in [0.1, 0.15) is 64.2 Å². The lowest BCUT2D eigenvalue weighted by atomic mass is 9.88. The van der Waals surface area contributed by atoms with Crippen molar-refractivity contribution in [2.45, 2.75) is 214 Å². The molecule has 750 valence electrons. The molecule has 0 unspecified atom stereocenters. The third kappa shape index (κ3) is 31.5. The van der Waals surface area contributed by atoms with E-state index >= 15 is 0 Å². The quantitative estimate of drug-likeness (QED) is 0.0333. The minimum absolute atomic E-state index is 0.0117. The Labute approximate surface area is 665 Å². The Balaban J connectivity index is -0.000000489. The van der Waals surface area contributed by atoms with Gasteiger partial charge >= 0.3 is 149 Å². The fourth-order valence-corrected chi connectivity index (χ4v) is 7.22. The van der Waals surface area contributed by atoms with Gasteiger partial charge in [-0.05, 0) is 32.1 Å². The zero-order valence-electron chi connectivity index (χ0n) is 61.5. The highest BCUT2D eigenvalue weighted by molar-refractivity contribution is 5.16. The normalized spacial score (nSPS) is 14.5. The summed E-state index contributed by atoms with van der Waals surface area (Å²) in [5.74, 6) is -144. The fourth-order valence-electron chi connectivity index (χ4n) is 7.22. The molecule has 0 aliphatic heterocycles. The molecule has 0 bridgehead atoms. The summed E-state index contributed by atoms with van der Waals surface area (Å²) in [6.07, 6.45) is -44.3. The number of rotatable bonds is 55. The van der Waals surface area contributed by atoms with Crippen molar-refractivity contribution < 1.29 is 289 Å².